The van der Waals surface area contributed by atoms with Crippen LogP contribution in [0.3, 0.4) is 0 Å². The highest BCUT2D eigenvalue weighted by atomic mass is 35.5. The number of pyridine rings is 1. The van der Waals surface area contributed by atoms with Gasteiger partial charge in [-0.3, -0.25) is 19.5 Å². The molecule has 3 aliphatic rings. The molecule has 3 atom stereocenters. The number of urea groups is 1. The van der Waals surface area contributed by atoms with Gasteiger partial charge in [-0.25, -0.2) is 4.79 Å². The third kappa shape index (κ3) is 8.19. The maximum atomic E-state index is 14.1. The van der Waals surface area contributed by atoms with Crippen LogP contribution in [0.25, 0.3) is 0 Å². The molecule has 54 heavy (non-hydrogen) atoms. The van der Waals surface area contributed by atoms with Gasteiger partial charge in [-0.05, 0) is 80.9 Å². The Morgan fingerprint density at radius 3 is 2.11 bits per heavy atom. The number of hydrogen-bond donors (Lipinski definition) is 2. The molecule has 292 valence electrons. The Hall–Kier alpha value is -4.30. The molecule has 3 aliphatic heterocycles. The van der Waals surface area contributed by atoms with Crippen molar-refractivity contribution < 1.29 is 33.7 Å². The fourth-order valence-corrected chi connectivity index (χ4v) is 8.43. The largest absolute Gasteiger partial charge is 0.493 e. The van der Waals surface area contributed by atoms with Crippen molar-refractivity contribution in [2.75, 3.05) is 80.7 Å². The Bertz CT molecular complexity index is 1790. The van der Waals surface area contributed by atoms with E-state index in [1.807, 2.05) is 30.1 Å². The third-order valence-electron chi connectivity index (χ3n) is 11.3. The number of methoxy groups -OCH3 is 3. The van der Waals surface area contributed by atoms with Gasteiger partial charge in [-0.15, -0.1) is 0 Å². The summed E-state index contributed by atoms with van der Waals surface area (Å²) in [4.78, 5) is 50.1. The van der Waals surface area contributed by atoms with Gasteiger partial charge in [0.1, 0.15) is 0 Å². The van der Waals surface area contributed by atoms with Crippen LogP contribution in [0.15, 0.2) is 54.9 Å². The lowest BCUT2D eigenvalue weighted by Crippen LogP contribution is -2.60. The van der Waals surface area contributed by atoms with Gasteiger partial charge in [0.25, 0.3) is 5.91 Å². The maximum Gasteiger partial charge on any atom is 0.314 e. The van der Waals surface area contributed by atoms with Crippen LogP contribution in [-0.2, 0) is 15.6 Å². The Morgan fingerprint density at radius 2 is 1.57 bits per heavy atom. The Balaban J connectivity index is 0.000000486. The molecule has 3 amide bonds. The molecule has 13 nitrogen and oxygen atoms in total. The topological polar surface area (TPSA) is 151 Å². The second-order valence-electron chi connectivity index (χ2n) is 14.0. The SMILES string of the molecule is CCN1CCC(C(=O)O)(c2cccnc2)CC1C1(c2ccc(Cl)c(Cl)c2)CCN(C(=O)c2cc(OC)c(OC)c(OC)c2)C1.CN1CCN(C(N)=O)CC1. The van der Waals surface area contributed by atoms with Gasteiger partial charge in [-0.2, -0.15) is 0 Å². The lowest BCUT2D eigenvalue weighted by atomic mass is 9.62. The molecular weight excluding hydrogens is 735 g/mol. The highest BCUT2D eigenvalue weighted by Gasteiger charge is 2.56. The molecule has 3 unspecified atom stereocenters. The first-order valence-corrected chi connectivity index (χ1v) is 18.7. The van der Waals surface area contributed by atoms with E-state index in [1.54, 1.807) is 41.6 Å². The first-order valence-electron chi connectivity index (χ1n) is 18.0. The number of ether oxygens (including phenoxy) is 3. The lowest BCUT2D eigenvalue weighted by molar-refractivity contribution is -0.147. The second-order valence-corrected chi connectivity index (χ2v) is 14.8. The Labute approximate surface area is 326 Å². The quantitative estimate of drug-likeness (QED) is 0.303. The normalized spacial score (nSPS) is 23.3. The molecular formula is C39H50Cl2N6O7. The van der Waals surface area contributed by atoms with Crippen molar-refractivity contribution >= 4 is 41.1 Å². The average molecular weight is 786 g/mol. The zero-order valence-corrected chi connectivity index (χ0v) is 33.0. The number of halogens is 2. The van der Waals surface area contributed by atoms with Crippen LogP contribution in [0.5, 0.6) is 17.2 Å². The van der Waals surface area contributed by atoms with E-state index in [2.05, 4.69) is 21.7 Å². The van der Waals surface area contributed by atoms with E-state index in [1.165, 1.54) is 21.3 Å². The van der Waals surface area contributed by atoms with Crippen LogP contribution in [0.4, 0.5) is 4.79 Å². The van der Waals surface area contributed by atoms with E-state index >= 15 is 0 Å². The summed E-state index contributed by atoms with van der Waals surface area (Å²) in [7, 11) is 6.57. The van der Waals surface area contributed by atoms with E-state index in [0.717, 1.165) is 38.3 Å². The molecule has 0 saturated carbocycles. The van der Waals surface area contributed by atoms with E-state index in [9.17, 15) is 19.5 Å². The number of amides is 3. The minimum atomic E-state index is -1.14. The summed E-state index contributed by atoms with van der Waals surface area (Å²) >= 11 is 12.9. The number of hydrogen-bond acceptors (Lipinski definition) is 9. The zero-order valence-electron chi connectivity index (χ0n) is 31.5. The lowest BCUT2D eigenvalue weighted by Gasteiger charge is -2.51. The third-order valence-corrected chi connectivity index (χ3v) is 12.0. The van der Waals surface area contributed by atoms with Gasteiger partial charge in [0.05, 0.1) is 36.8 Å². The number of piperazine rings is 1. The number of nitrogens with zero attached hydrogens (tertiary/aromatic N) is 5. The number of carboxylic acid groups (broad SMARTS) is 1. The number of nitrogens with two attached hydrogens (primary N) is 1. The summed E-state index contributed by atoms with van der Waals surface area (Å²) in [6.07, 6.45) is 4.70. The number of aliphatic carboxylic acids is 1. The van der Waals surface area contributed by atoms with Gasteiger partial charge in [0.15, 0.2) is 11.5 Å². The fraction of sp³-hybridized carbons (Fsp3) is 0.487. The van der Waals surface area contributed by atoms with Gasteiger partial charge in [0, 0.05) is 68.7 Å². The average Bonchev–Trinajstić information content (AvgIpc) is 3.65. The van der Waals surface area contributed by atoms with Gasteiger partial charge < -0.3 is 39.8 Å². The summed E-state index contributed by atoms with van der Waals surface area (Å²) in [5.41, 5.74) is 5.31. The molecule has 3 fully saturated rings. The number of likely N-dealkylation sites (N-methyl/N-ethyl adjacent to an activating group) is 2. The minimum Gasteiger partial charge on any atom is -0.493 e. The minimum absolute atomic E-state index is 0.193. The van der Waals surface area contributed by atoms with Crippen molar-refractivity contribution in [3.8, 4) is 17.2 Å². The van der Waals surface area contributed by atoms with Crippen LogP contribution in [-0.4, -0.2) is 134 Å². The van der Waals surface area contributed by atoms with Crippen LogP contribution in [0, 0.1) is 0 Å². The monoisotopic (exact) mass is 784 g/mol. The Kier molecular flexibility index (Phi) is 13.2. The standard InChI is InChI=1S/C33H37Cl2N3O6.C6H13N3O/c1-5-37-13-10-32(31(40)41,23-7-6-12-36-19-23)18-28(37)33(22-8-9-24(34)25(35)17-22)11-14-38(20-33)30(39)21-15-26(42-2)29(44-4)27(16-21)43-3;1-8-2-4-9(5-3-8)6(7)10/h6-9,12,15-17,19,28H,5,10-11,13-14,18,20H2,1-4H3,(H,40,41);2-5H2,1H3,(H2,7,10). The molecule has 1 aromatic heterocycles. The van der Waals surface area contributed by atoms with Crippen LogP contribution >= 0.6 is 23.2 Å². The number of carboxylic acids is 1. The highest BCUT2D eigenvalue weighted by molar-refractivity contribution is 6.42. The predicted molar refractivity (Wildman–Crippen MR) is 207 cm³/mol. The van der Waals surface area contributed by atoms with E-state index in [0.29, 0.717) is 77.3 Å². The Morgan fingerprint density at radius 1 is 0.889 bits per heavy atom. The van der Waals surface area contributed by atoms with E-state index in [-0.39, 0.29) is 18.0 Å². The van der Waals surface area contributed by atoms with Crippen molar-refractivity contribution in [3.63, 3.8) is 0 Å². The molecule has 4 heterocycles. The number of primary amides is 1. The van der Waals surface area contributed by atoms with E-state index < -0.39 is 16.8 Å². The summed E-state index contributed by atoms with van der Waals surface area (Å²) in [5, 5.41) is 11.6. The van der Waals surface area contributed by atoms with Gasteiger partial charge in [-0.1, -0.05) is 42.3 Å². The molecule has 3 saturated heterocycles. The van der Waals surface area contributed by atoms with Crippen LogP contribution in [0.2, 0.25) is 10.0 Å². The molecule has 15 heteroatoms. The summed E-state index contributed by atoms with van der Waals surface area (Å²) in [6.45, 7) is 7.59. The van der Waals surface area contributed by atoms with Crippen molar-refractivity contribution in [2.24, 2.45) is 5.73 Å². The zero-order chi connectivity index (χ0) is 39.2. The molecule has 3 N–H and O–H groups in total. The predicted octanol–water partition coefficient (Wildman–Crippen LogP) is 5.02. The summed E-state index contributed by atoms with van der Waals surface area (Å²) in [6, 6.07) is 12.0. The maximum absolute atomic E-state index is 14.1. The molecule has 0 spiro atoms. The van der Waals surface area contributed by atoms with Crippen molar-refractivity contribution in [2.45, 2.75) is 43.1 Å². The highest BCUT2D eigenvalue weighted by Crippen LogP contribution is 2.50. The summed E-state index contributed by atoms with van der Waals surface area (Å²) < 4.78 is 16.5. The number of likely N-dealkylation sites (tertiary alicyclic amines) is 2. The molecule has 0 radical (unpaired) electrons. The van der Waals surface area contributed by atoms with Crippen molar-refractivity contribution in [1.82, 2.24) is 24.6 Å². The molecule has 3 aromatic rings. The smallest absolute Gasteiger partial charge is 0.314 e. The first kappa shape index (κ1) is 40.9. The number of carbonyl (C=O) groups is 3. The second kappa shape index (κ2) is 17.4. The van der Waals surface area contributed by atoms with Gasteiger partial charge >= 0.3 is 12.0 Å². The molecule has 0 aliphatic carbocycles. The number of benzene rings is 2. The molecule has 2 aromatic carbocycles. The van der Waals surface area contributed by atoms with Crippen LogP contribution in [0.1, 0.15) is 47.7 Å². The van der Waals surface area contributed by atoms with Crippen molar-refractivity contribution in [3.05, 3.63) is 81.6 Å². The number of carbonyl (C=O) groups excluding carboxylic acids is 2. The molecule has 0 bridgehead atoms. The molecule has 6 rings (SSSR count). The van der Waals surface area contributed by atoms with Crippen LogP contribution < -0.4 is 19.9 Å². The number of piperidine rings is 1. The number of rotatable bonds is 9. The summed E-state index contributed by atoms with van der Waals surface area (Å²) in [5.74, 6) is 0.106. The van der Waals surface area contributed by atoms with Gasteiger partial charge in [0.2, 0.25) is 5.75 Å². The first-order chi connectivity index (χ1) is 25.8. The van der Waals surface area contributed by atoms with Crippen molar-refractivity contribution in [1.29, 1.82) is 0 Å². The number of aromatic nitrogens is 1. The fourth-order valence-electron chi connectivity index (χ4n) is 8.13. The van der Waals surface area contributed by atoms with E-state index in [4.69, 9.17) is 43.1 Å².